The van der Waals surface area contributed by atoms with Crippen LogP contribution in [-0.4, -0.2) is 44.3 Å². The van der Waals surface area contributed by atoms with Crippen LogP contribution >= 0.6 is 0 Å². The number of aryl methyl sites for hydroxylation is 2. The number of anilines is 1. The second kappa shape index (κ2) is 5.75. The van der Waals surface area contributed by atoms with E-state index in [0.717, 1.165) is 12.1 Å². The molecule has 1 atom stereocenters. The van der Waals surface area contributed by atoms with Gasteiger partial charge in [-0.15, -0.1) is 0 Å². The number of urea groups is 1. The largest absolute Gasteiger partial charge is 0.479 e. The lowest BCUT2D eigenvalue weighted by molar-refractivity contribution is -0.148. The summed E-state index contributed by atoms with van der Waals surface area (Å²) >= 11 is 0. The summed E-state index contributed by atoms with van der Waals surface area (Å²) < 4.78 is 0. The lowest BCUT2D eigenvalue weighted by Gasteiger charge is -2.34. The predicted molar refractivity (Wildman–Crippen MR) is 78.3 cm³/mol. The quantitative estimate of drug-likeness (QED) is 0.793. The van der Waals surface area contributed by atoms with Crippen molar-refractivity contribution in [1.29, 1.82) is 0 Å². The number of carbonyl (C=O) groups is 2. The minimum absolute atomic E-state index is 0.365. The summed E-state index contributed by atoms with van der Waals surface area (Å²) in [4.78, 5) is 25.7. The number of hydrogen-bond donors (Lipinski definition) is 3. The van der Waals surface area contributed by atoms with Crippen LogP contribution in [0.2, 0.25) is 0 Å². The van der Waals surface area contributed by atoms with Crippen molar-refractivity contribution >= 4 is 17.7 Å². The lowest BCUT2D eigenvalue weighted by atomic mass is 9.91. The zero-order valence-corrected chi connectivity index (χ0v) is 12.7. The Morgan fingerprint density at radius 2 is 2.19 bits per heavy atom. The number of aromatic nitrogens is 2. The number of nitrogens with zero attached hydrogens (tertiary/aromatic N) is 2. The van der Waals surface area contributed by atoms with Crippen LogP contribution in [0.5, 0.6) is 0 Å². The van der Waals surface area contributed by atoms with Gasteiger partial charge in [0.2, 0.25) is 0 Å². The first-order valence-electron chi connectivity index (χ1n) is 7.26. The van der Waals surface area contributed by atoms with Crippen molar-refractivity contribution in [2.75, 3.05) is 11.9 Å². The molecule has 2 heterocycles. The molecule has 7 nitrogen and oxygen atoms in total. The van der Waals surface area contributed by atoms with Crippen LogP contribution in [0.1, 0.15) is 44.0 Å². The van der Waals surface area contributed by atoms with E-state index in [2.05, 4.69) is 15.5 Å². The van der Waals surface area contributed by atoms with Crippen molar-refractivity contribution < 1.29 is 14.7 Å². The van der Waals surface area contributed by atoms with Gasteiger partial charge in [-0.25, -0.2) is 9.59 Å². The first kappa shape index (κ1) is 15.3. The Hall–Kier alpha value is -2.05. The molecule has 0 radical (unpaired) electrons. The maximum absolute atomic E-state index is 12.5. The third-order valence-corrected chi connectivity index (χ3v) is 4.16. The van der Waals surface area contributed by atoms with E-state index in [1.54, 1.807) is 6.92 Å². The summed E-state index contributed by atoms with van der Waals surface area (Å²) in [5.74, 6) is -0.919. The molecular weight excluding hydrogens is 272 g/mol. The van der Waals surface area contributed by atoms with Gasteiger partial charge >= 0.3 is 12.0 Å². The molecule has 1 fully saturated rings. The van der Waals surface area contributed by atoms with Gasteiger partial charge in [-0.2, -0.15) is 5.10 Å². The maximum Gasteiger partial charge on any atom is 0.329 e. The molecule has 1 aromatic heterocycles. The highest BCUT2D eigenvalue weighted by molar-refractivity contribution is 5.95. The van der Waals surface area contributed by atoms with E-state index in [4.69, 9.17) is 0 Å². The highest BCUT2D eigenvalue weighted by Crippen LogP contribution is 2.34. The summed E-state index contributed by atoms with van der Waals surface area (Å²) in [7, 11) is 0. The topological polar surface area (TPSA) is 98.3 Å². The molecule has 116 valence electrons. The third kappa shape index (κ3) is 2.59. The number of amides is 2. The van der Waals surface area contributed by atoms with Crippen LogP contribution < -0.4 is 5.32 Å². The minimum Gasteiger partial charge on any atom is -0.479 e. The number of rotatable bonds is 4. The number of carbonyl (C=O) groups excluding carboxylic acids is 1. The van der Waals surface area contributed by atoms with Gasteiger partial charge in [0, 0.05) is 6.54 Å². The Balaban J connectivity index is 2.23. The van der Waals surface area contributed by atoms with E-state index in [1.165, 1.54) is 4.90 Å². The van der Waals surface area contributed by atoms with Gasteiger partial charge in [0.25, 0.3) is 0 Å². The molecule has 0 spiro atoms. The molecule has 1 saturated heterocycles. The van der Waals surface area contributed by atoms with Crippen molar-refractivity contribution in [3.05, 3.63) is 11.4 Å². The average molecular weight is 294 g/mol. The molecule has 2 amide bonds. The van der Waals surface area contributed by atoms with Gasteiger partial charge in [-0.3, -0.25) is 5.10 Å². The Labute approximate surface area is 123 Å². The summed E-state index contributed by atoms with van der Waals surface area (Å²) in [6.07, 6.45) is 2.41. The Kier molecular flexibility index (Phi) is 4.20. The second-order valence-corrected chi connectivity index (χ2v) is 5.58. The van der Waals surface area contributed by atoms with Gasteiger partial charge in [0.05, 0.1) is 17.1 Å². The zero-order chi connectivity index (χ0) is 15.6. The molecule has 3 N–H and O–H groups in total. The molecule has 21 heavy (non-hydrogen) atoms. The monoisotopic (exact) mass is 294 g/mol. The van der Waals surface area contributed by atoms with Crippen LogP contribution in [0.25, 0.3) is 0 Å². The second-order valence-electron chi connectivity index (χ2n) is 5.58. The fourth-order valence-electron chi connectivity index (χ4n) is 3.09. The van der Waals surface area contributed by atoms with Crippen molar-refractivity contribution in [2.45, 2.75) is 52.0 Å². The van der Waals surface area contributed by atoms with Crippen molar-refractivity contribution in [3.8, 4) is 0 Å². The third-order valence-electron chi connectivity index (χ3n) is 4.16. The fourth-order valence-corrected chi connectivity index (χ4v) is 3.09. The van der Waals surface area contributed by atoms with Gasteiger partial charge in [-0.05, 0) is 33.1 Å². The first-order chi connectivity index (χ1) is 9.92. The predicted octanol–water partition coefficient (Wildman–Crippen LogP) is 2.28. The van der Waals surface area contributed by atoms with E-state index in [1.807, 2.05) is 13.8 Å². The average Bonchev–Trinajstić information content (AvgIpc) is 2.98. The van der Waals surface area contributed by atoms with Gasteiger partial charge in [-0.1, -0.05) is 13.3 Å². The Morgan fingerprint density at radius 3 is 2.71 bits per heavy atom. The van der Waals surface area contributed by atoms with Crippen LogP contribution in [0.4, 0.5) is 10.5 Å². The smallest absolute Gasteiger partial charge is 0.329 e. The number of hydrogen-bond acceptors (Lipinski definition) is 3. The molecule has 0 bridgehead atoms. The summed E-state index contributed by atoms with van der Waals surface area (Å²) in [6.45, 7) is 6.01. The number of H-pyrrole nitrogens is 1. The molecule has 0 saturated carbocycles. The molecule has 1 unspecified atom stereocenters. The summed E-state index contributed by atoms with van der Waals surface area (Å²) in [6, 6.07) is -0.365. The van der Waals surface area contributed by atoms with Gasteiger partial charge in [0.15, 0.2) is 0 Å². The van der Waals surface area contributed by atoms with E-state index < -0.39 is 11.5 Å². The van der Waals surface area contributed by atoms with Crippen LogP contribution in [0.15, 0.2) is 0 Å². The van der Waals surface area contributed by atoms with Crippen molar-refractivity contribution in [3.63, 3.8) is 0 Å². The SMILES string of the molecule is CCCC1(C(=O)O)CCCN1C(=O)Nc1c(C)n[nH]c1C. The molecular formula is C14H22N4O3. The van der Waals surface area contributed by atoms with Crippen molar-refractivity contribution in [2.24, 2.45) is 0 Å². The Morgan fingerprint density at radius 1 is 1.48 bits per heavy atom. The number of aliphatic carboxylic acids is 1. The number of likely N-dealkylation sites (tertiary alicyclic amines) is 1. The summed E-state index contributed by atoms with van der Waals surface area (Å²) in [5, 5.41) is 19.2. The highest BCUT2D eigenvalue weighted by atomic mass is 16.4. The molecule has 1 aliphatic rings. The molecule has 1 aliphatic heterocycles. The molecule has 0 aromatic carbocycles. The summed E-state index contributed by atoms with van der Waals surface area (Å²) in [5.41, 5.74) is 1.00. The molecule has 0 aliphatic carbocycles. The zero-order valence-electron chi connectivity index (χ0n) is 12.7. The number of carboxylic acid groups (broad SMARTS) is 1. The van der Waals surface area contributed by atoms with Gasteiger partial charge < -0.3 is 15.3 Å². The molecule has 7 heteroatoms. The standard InChI is InChI=1S/C14H22N4O3/c1-4-6-14(12(19)20)7-5-8-18(14)13(21)15-11-9(2)16-17-10(11)3/h4-8H2,1-3H3,(H,15,21)(H,16,17)(H,19,20). The number of aromatic amines is 1. The first-order valence-corrected chi connectivity index (χ1v) is 7.26. The van der Waals surface area contributed by atoms with Crippen LogP contribution in [-0.2, 0) is 4.79 Å². The van der Waals surface area contributed by atoms with Crippen molar-refractivity contribution in [1.82, 2.24) is 15.1 Å². The number of carboxylic acids is 1. The van der Waals surface area contributed by atoms with E-state index in [9.17, 15) is 14.7 Å². The molecule has 2 rings (SSSR count). The number of nitrogens with one attached hydrogen (secondary N) is 2. The maximum atomic E-state index is 12.5. The Bertz CT molecular complexity index is 535. The van der Waals surface area contributed by atoms with Gasteiger partial charge in [0.1, 0.15) is 5.54 Å². The highest BCUT2D eigenvalue weighted by Gasteiger charge is 2.49. The van der Waals surface area contributed by atoms with Crippen LogP contribution in [0.3, 0.4) is 0 Å². The normalized spacial score (nSPS) is 21.6. The minimum atomic E-state index is -1.08. The fraction of sp³-hybridized carbons (Fsp3) is 0.643. The van der Waals surface area contributed by atoms with E-state index in [0.29, 0.717) is 37.2 Å². The van der Waals surface area contributed by atoms with Crippen LogP contribution in [0, 0.1) is 13.8 Å². The van der Waals surface area contributed by atoms with E-state index >= 15 is 0 Å². The van der Waals surface area contributed by atoms with E-state index in [-0.39, 0.29) is 6.03 Å². The molecule has 1 aromatic rings. The lowest BCUT2D eigenvalue weighted by Crippen LogP contribution is -2.54.